The van der Waals surface area contributed by atoms with Gasteiger partial charge in [-0.3, -0.25) is 0 Å². The SMILES string of the molecule is C/C(=C/C(F)(F)C(F)(F)F)CO.CC. The molecule has 0 aromatic carbocycles. The molecule has 0 unspecified atom stereocenters. The molecule has 0 aromatic heterocycles. The maximum Gasteiger partial charge on any atom is 0.457 e. The second-order valence-electron chi connectivity index (χ2n) is 2.27. The van der Waals surface area contributed by atoms with E-state index in [0.717, 1.165) is 6.92 Å². The summed E-state index contributed by atoms with van der Waals surface area (Å²) in [6.07, 6.45) is -5.89. The van der Waals surface area contributed by atoms with Crippen LogP contribution in [0.15, 0.2) is 11.6 Å². The number of halogens is 5. The minimum atomic E-state index is -5.59. The number of hydrogen-bond donors (Lipinski definition) is 1. The van der Waals surface area contributed by atoms with Crippen LogP contribution in [0.4, 0.5) is 22.0 Å². The summed E-state index contributed by atoms with van der Waals surface area (Å²) in [6.45, 7) is 4.17. The third-order valence-electron chi connectivity index (χ3n) is 1.06. The van der Waals surface area contributed by atoms with Gasteiger partial charge in [-0.1, -0.05) is 13.8 Å². The van der Waals surface area contributed by atoms with E-state index in [0.29, 0.717) is 0 Å². The second-order valence-corrected chi connectivity index (χ2v) is 2.27. The Kier molecular flexibility index (Phi) is 6.72. The molecular weight excluding hydrogens is 207 g/mol. The molecule has 1 nitrogen and oxygen atoms in total. The smallest absolute Gasteiger partial charge is 0.392 e. The Morgan fingerprint density at radius 1 is 1.14 bits per heavy atom. The van der Waals surface area contributed by atoms with E-state index in [1.165, 1.54) is 0 Å². The topological polar surface area (TPSA) is 20.2 Å². The second kappa shape index (κ2) is 5.95. The summed E-state index contributed by atoms with van der Waals surface area (Å²) in [7, 11) is 0. The Morgan fingerprint density at radius 3 is 1.71 bits per heavy atom. The molecule has 14 heavy (non-hydrogen) atoms. The average Bonchev–Trinajstić information content (AvgIpc) is 2.05. The molecule has 0 spiro atoms. The molecule has 0 radical (unpaired) electrons. The van der Waals surface area contributed by atoms with Gasteiger partial charge in [-0.25, -0.2) is 0 Å². The van der Waals surface area contributed by atoms with Gasteiger partial charge in [0.05, 0.1) is 6.61 Å². The number of rotatable bonds is 2. The highest BCUT2D eigenvalue weighted by molar-refractivity contribution is 5.08. The lowest BCUT2D eigenvalue weighted by Gasteiger charge is -2.16. The fourth-order valence-electron chi connectivity index (χ4n) is 0.437. The van der Waals surface area contributed by atoms with Gasteiger partial charge in [0.25, 0.3) is 0 Å². The van der Waals surface area contributed by atoms with Crippen LogP contribution in [0.2, 0.25) is 0 Å². The molecule has 0 atom stereocenters. The van der Waals surface area contributed by atoms with Crippen molar-refractivity contribution in [2.24, 2.45) is 0 Å². The summed E-state index contributed by atoms with van der Waals surface area (Å²) in [6, 6.07) is 0. The molecule has 0 saturated heterocycles. The van der Waals surface area contributed by atoms with Gasteiger partial charge in [0, 0.05) is 0 Å². The van der Waals surface area contributed by atoms with Gasteiger partial charge in [0.2, 0.25) is 0 Å². The molecule has 0 saturated carbocycles. The predicted octanol–water partition coefficient (Wildman–Crippen LogP) is 3.15. The third kappa shape index (κ3) is 5.16. The van der Waals surface area contributed by atoms with Gasteiger partial charge in [-0.2, -0.15) is 22.0 Å². The molecule has 0 aromatic rings. The van der Waals surface area contributed by atoms with Gasteiger partial charge in [-0.15, -0.1) is 0 Å². The van der Waals surface area contributed by atoms with Crippen LogP contribution in [0, 0.1) is 0 Å². The molecule has 1 N–H and O–H groups in total. The van der Waals surface area contributed by atoms with Crippen molar-refractivity contribution in [2.45, 2.75) is 32.9 Å². The van der Waals surface area contributed by atoms with Gasteiger partial charge in [0.15, 0.2) is 0 Å². The average molecular weight is 220 g/mol. The Balaban J connectivity index is 0. The van der Waals surface area contributed by atoms with Crippen molar-refractivity contribution in [1.29, 1.82) is 0 Å². The molecule has 0 heterocycles. The van der Waals surface area contributed by atoms with Gasteiger partial charge in [0.1, 0.15) is 0 Å². The highest BCUT2D eigenvalue weighted by atomic mass is 19.4. The lowest BCUT2D eigenvalue weighted by molar-refractivity contribution is -0.259. The lowest BCUT2D eigenvalue weighted by atomic mass is 10.2. The highest BCUT2D eigenvalue weighted by Gasteiger charge is 2.55. The quantitative estimate of drug-likeness (QED) is 0.559. The highest BCUT2D eigenvalue weighted by Crippen LogP contribution is 2.36. The zero-order chi connectivity index (χ0) is 12.0. The van der Waals surface area contributed by atoms with Crippen LogP contribution in [0.5, 0.6) is 0 Å². The van der Waals surface area contributed by atoms with E-state index >= 15 is 0 Å². The van der Waals surface area contributed by atoms with E-state index in [4.69, 9.17) is 5.11 Å². The van der Waals surface area contributed by atoms with Crippen molar-refractivity contribution in [3.63, 3.8) is 0 Å². The zero-order valence-corrected chi connectivity index (χ0v) is 8.12. The largest absolute Gasteiger partial charge is 0.457 e. The predicted molar refractivity (Wildman–Crippen MR) is 43.2 cm³/mol. The van der Waals surface area contributed by atoms with Gasteiger partial charge >= 0.3 is 12.1 Å². The van der Waals surface area contributed by atoms with Crippen molar-refractivity contribution in [1.82, 2.24) is 0 Å². The molecule has 0 amide bonds. The van der Waals surface area contributed by atoms with Crippen LogP contribution in [0.1, 0.15) is 20.8 Å². The molecule has 86 valence electrons. The Labute approximate surface area is 79.2 Å². The van der Waals surface area contributed by atoms with Gasteiger partial charge in [-0.05, 0) is 18.6 Å². The molecule has 0 bridgehead atoms. The maximum atomic E-state index is 12.1. The Bertz CT molecular complexity index is 183. The molecular formula is C8H13F5O. The standard InChI is InChI=1S/C6H7F5O.C2H6/c1-4(3-12)2-5(7,8)6(9,10)11;1-2/h2,12H,3H2,1H3;1-2H3/b4-2-;. The number of allylic oxidation sites excluding steroid dienone is 1. The van der Waals surface area contributed by atoms with Crippen LogP contribution < -0.4 is 0 Å². The molecule has 0 fully saturated rings. The number of alkyl halides is 5. The zero-order valence-electron chi connectivity index (χ0n) is 8.12. The first-order valence-corrected chi connectivity index (χ1v) is 3.94. The van der Waals surface area contributed by atoms with E-state index < -0.39 is 24.3 Å². The Morgan fingerprint density at radius 2 is 1.50 bits per heavy atom. The molecule has 0 aliphatic heterocycles. The van der Waals surface area contributed by atoms with Crippen molar-refractivity contribution < 1.29 is 27.1 Å². The van der Waals surface area contributed by atoms with E-state index in [1.54, 1.807) is 0 Å². The summed E-state index contributed by atoms with van der Waals surface area (Å²) in [5, 5.41) is 8.19. The number of aliphatic hydroxyl groups is 1. The van der Waals surface area contributed by atoms with Crippen LogP contribution in [-0.4, -0.2) is 23.8 Å². The number of aliphatic hydroxyl groups excluding tert-OH is 1. The van der Waals surface area contributed by atoms with E-state index in [-0.39, 0.29) is 6.08 Å². The first-order chi connectivity index (χ1) is 6.20. The first-order valence-electron chi connectivity index (χ1n) is 3.94. The molecule has 0 aliphatic rings. The fourth-order valence-corrected chi connectivity index (χ4v) is 0.437. The summed E-state index contributed by atoms with van der Waals surface area (Å²) < 4.78 is 58.5. The summed E-state index contributed by atoms with van der Waals surface area (Å²) in [5.41, 5.74) is -0.419. The van der Waals surface area contributed by atoms with E-state index in [2.05, 4.69) is 0 Å². The van der Waals surface area contributed by atoms with Crippen LogP contribution in [-0.2, 0) is 0 Å². The molecule has 0 aliphatic carbocycles. The molecule has 6 heteroatoms. The maximum absolute atomic E-state index is 12.1. The fraction of sp³-hybridized carbons (Fsp3) is 0.750. The van der Waals surface area contributed by atoms with Crippen molar-refractivity contribution in [3.05, 3.63) is 11.6 Å². The summed E-state index contributed by atoms with van der Waals surface area (Å²) in [5.74, 6) is -4.86. The number of hydrogen-bond acceptors (Lipinski definition) is 1. The first kappa shape index (κ1) is 15.8. The van der Waals surface area contributed by atoms with Crippen molar-refractivity contribution in [2.75, 3.05) is 6.61 Å². The van der Waals surface area contributed by atoms with Crippen molar-refractivity contribution >= 4 is 0 Å². The normalized spacial score (nSPS) is 13.4. The van der Waals surface area contributed by atoms with Gasteiger partial charge < -0.3 is 5.11 Å². The van der Waals surface area contributed by atoms with Crippen LogP contribution >= 0.6 is 0 Å². The van der Waals surface area contributed by atoms with Crippen molar-refractivity contribution in [3.8, 4) is 0 Å². The minimum Gasteiger partial charge on any atom is -0.392 e. The molecule has 0 rings (SSSR count). The van der Waals surface area contributed by atoms with Crippen LogP contribution in [0.3, 0.4) is 0 Å². The minimum absolute atomic E-state index is 0.299. The van der Waals surface area contributed by atoms with Crippen LogP contribution in [0.25, 0.3) is 0 Å². The lowest BCUT2D eigenvalue weighted by Crippen LogP contribution is -2.34. The van der Waals surface area contributed by atoms with E-state index in [1.807, 2.05) is 13.8 Å². The monoisotopic (exact) mass is 220 g/mol. The summed E-state index contributed by atoms with van der Waals surface area (Å²) >= 11 is 0. The summed E-state index contributed by atoms with van der Waals surface area (Å²) in [4.78, 5) is 0. The van der Waals surface area contributed by atoms with E-state index in [9.17, 15) is 22.0 Å². The third-order valence-corrected chi connectivity index (χ3v) is 1.06. The Hall–Kier alpha value is -0.650.